The minimum atomic E-state index is -1.20. The van der Waals surface area contributed by atoms with Crippen molar-refractivity contribution in [1.82, 2.24) is 9.78 Å². The number of hydrogen-bond donors (Lipinski definition) is 4. The Kier molecular flexibility index (Phi) is 5.99. The Balaban J connectivity index is 1.43. The maximum atomic E-state index is 10.9. The molecule has 182 valence electrons. The van der Waals surface area contributed by atoms with Crippen LogP contribution in [0.2, 0.25) is 0 Å². The van der Waals surface area contributed by atoms with Crippen molar-refractivity contribution in [1.29, 1.82) is 0 Å². The van der Waals surface area contributed by atoms with E-state index in [2.05, 4.69) is 5.32 Å². The summed E-state index contributed by atoms with van der Waals surface area (Å²) in [6, 6.07) is 8.98. The van der Waals surface area contributed by atoms with Crippen molar-refractivity contribution in [2.75, 3.05) is 19.0 Å². The normalized spacial score (nSPS) is 23.6. The van der Waals surface area contributed by atoms with E-state index in [-0.39, 0.29) is 17.6 Å². The highest BCUT2D eigenvalue weighted by Gasteiger charge is 2.30. The minimum Gasteiger partial charge on any atom is -0.491 e. The SMILES string of the molecule is COc1cccc(C(O)Nc2cc3cn([C@H]4CC[C@](C)(O)CC4)nc3cc2OCC2CC2)[n+]1O. The van der Waals surface area contributed by atoms with Crippen LogP contribution in [0, 0.1) is 5.92 Å². The molecule has 0 amide bonds. The number of aromatic nitrogens is 3. The van der Waals surface area contributed by atoms with E-state index in [9.17, 15) is 15.4 Å². The summed E-state index contributed by atoms with van der Waals surface area (Å²) in [7, 11) is 1.45. The van der Waals surface area contributed by atoms with E-state index in [0.717, 1.165) is 41.3 Å². The molecule has 2 heterocycles. The first-order valence-electron chi connectivity index (χ1n) is 11.9. The lowest BCUT2D eigenvalue weighted by atomic mass is 9.84. The van der Waals surface area contributed by atoms with Gasteiger partial charge in [-0.2, -0.15) is 5.10 Å². The van der Waals surface area contributed by atoms with Crippen LogP contribution in [0.5, 0.6) is 11.6 Å². The number of methoxy groups -OCH3 is 1. The third-order valence-electron chi connectivity index (χ3n) is 6.94. The van der Waals surface area contributed by atoms with E-state index in [1.54, 1.807) is 18.2 Å². The van der Waals surface area contributed by atoms with Crippen LogP contribution in [0.1, 0.15) is 63.4 Å². The van der Waals surface area contributed by atoms with Crippen LogP contribution in [0.15, 0.2) is 36.5 Å². The van der Waals surface area contributed by atoms with Gasteiger partial charge in [-0.25, -0.2) is 0 Å². The van der Waals surface area contributed by atoms with Crippen LogP contribution in [0.3, 0.4) is 0 Å². The third kappa shape index (κ3) is 4.76. The number of ether oxygens (including phenoxy) is 2. The summed E-state index contributed by atoms with van der Waals surface area (Å²) in [4.78, 5) is 0. The molecule has 3 aromatic rings. The largest absolute Gasteiger partial charge is 0.491 e. The van der Waals surface area contributed by atoms with Gasteiger partial charge in [-0.15, -0.1) is 0 Å². The molecule has 2 fully saturated rings. The number of rotatable bonds is 8. The summed E-state index contributed by atoms with van der Waals surface area (Å²) >= 11 is 0. The number of anilines is 1. The molecular weight excluding hydrogens is 436 g/mol. The Hall–Kier alpha value is -3.04. The van der Waals surface area contributed by atoms with E-state index in [1.807, 2.05) is 29.9 Å². The standard InChI is InChI=1S/C25H33N4O5/c1-25(31)10-8-18(9-11-25)28-14-17-12-20(22(13-19(17)27-28)34-15-16-6-7-16)26-24(30)21-4-3-5-23(33-2)29(21)32/h3-5,12-14,16,18,24,26,30-32H,6-11,15H2,1-2H3/q+1/t18-,24?,25-. The fraction of sp³-hybridized carbons (Fsp3) is 0.520. The molecule has 9 heteroatoms. The van der Waals surface area contributed by atoms with Gasteiger partial charge in [0.05, 0.1) is 47.4 Å². The molecule has 9 nitrogen and oxygen atoms in total. The van der Waals surface area contributed by atoms with Crippen molar-refractivity contribution < 1.29 is 29.6 Å². The van der Waals surface area contributed by atoms with Gasteiger partial charge in [0.15, 0.2) is 0 Å². The van der Waals surface area contributed by atoms with Crippen molar-refractivity contribution in [3.63, 3.8) is 0 Å². The van der Waals surface area contributed by atoms with Crippen molar-refractivity contribution in [2.45, 2.75) is 63.3 Å². The van der Waals surface area contributed by atoms with Gasteiger partial charge < -0.3 is 25.0 Å². The second-order valence-corrected chi connectivity index (χ2v) is 9.85. The number of benzene rings is 1. The van der Waals surface area contributed by atoms with Crippen LogP contribution in [0.25, 0.3) is 10.9 Å². The van der Waals surface area contributed by atoms with Crippen LogP contribution in [-0.2, 0) is 0 Å². The average molecular weight is 470 g/mol. The molecule has 4 N–H and O–H groups in total. The quantitative estimate of drug-likeness (QED) is 0.227. The molecule has 2 aliphatic rings. The first kappa shape index (κ1) is 22.7. The second kappa shape index (κ2) is 8.96. The van der Waals surface area contributed by atoms with Gasteiger partial charge in [-0.05, 0) is 63.5 Å². The molecule has 5 rings (SSSR count). The fourth-order valence-corrected chi connectivity index (χ4v) is 4.55. The van der Waals surface area contributed by atoms with Crippen molar-refractivity contribution in [2.24, 2.45) is 5.92 Å². The zero-order valence-corrected chi connectivity index (χ0v) is 19.6. The molecule has 2 aromatic heterocycles. The van der Waals surface area contributed by atoms with E-state index < -0.39 is 11.8 Å². The lowest BCUT2D eigenvalue weighted by Crippen LogP contribution is -2.39. The first-order chi connectivity index (χ1) is 16.3. The minimum absolute atomic E-state index is 0.215. The Morgan fingerprint density at radius 3 is 2.71 bits per heavy atom. The summed E-state index contributed by atoms with van der Waals surface area (Å²) < 4.78 is 14.1. The first-order valence-corrected chi connectivity index (χ1v) is 11.9. The zero-order chi connectivity index (χ0) is 23.9. The highest BCUT2D eigenvalue weighted by Crippen LogP contribution is 2.38. The summed E-state index contributed by atoms with van der Waals surface area (Å²) in [5, 5.41) is 40.3. The van der Waals surface area contributed by atoms with Gasteiger partial charge in [0, 0.05) is 23.7 Å². The van der Waals surface area contributed by atoms with Gasteiger partial charge in [0.25, 0.3) is 5.69 Å². The number of nitrogens with zero attached hydrogens (tertiary/aromatic N) is 3. The Bertz CT molecular complexity index is 1160. The summed E-state index contributed by atoms with van der Waals surface area (Å²) in [5.41, 5.74) is 1.08. The van der Waals surface area contributed by atoms with Crippen molar-refractivity contribution in [3.05, 3.63) is 42.2 Å². The number of hydrogen-bond acceptors (Lipinski definition) is 7. The molecule has 0 radical (unpaired) electrons. The molecule has 34 heavy (non-hydrogen) atoms. The molecule has 2 aliphatic carbocycles. The molecule has 0 spiro atoms. The third-order valence-corrected chi connectivity index (χ3v) is 6.94. The maximum Gasteiger partial charge on any atom is 0.416 e. The van der Waals surface area contributed by atoms with Crippen molar-refractivity contribution >= 4 is 16.6 Å². The topological polar surface area (TPSA) is 113 Å². The molecule has 1 atom stereocenters. The lowest BCUT2D eigenvalue weighted by Gasteiger charge is -2.33. The van der Waals surface area contributed by atoms with E-state index in [0.29, 0.717) is 24.0 Å². The Morgan fingerprint density at radius 1 is 1.24 bits per heavy atom. The number of aliphatic hydroxyl groups is 2. The van der Waals surface area contributed by atoms with Gasteiger partial charge in [0.1, 0.15) is 5.75 Å². The molecule has 2 saturated carbocycles. The molecule has 0 bridgehead atoms. The molecule has 0 aliphatic heterocycles. The molecule has 1 unspecified atom stereocenters. The van der Waals surface area contributed by atoms with Gasteiger partial charge in [-0.3, -0.25) is 9.89 Å². The molecule has 1 aromatic carbocycles. The van der Waals surface area contributed by atoms with E-state index in [4.69, 9.17) is 14.6 Å². The fourth-order valence-electron chi connectivity index (χ4n) is 4.55. The number of fused-ring (bicyclic) bond motifs is 1. The van der Waals surface area contributed by atoms with Crippen LogP contribution >= 0.6 is 0 Å². The predicted molar refractivity (Wildman–Crippen MR) is 125 cm³/mol. The maximum absolute atomic E-state index is 10.9. The summed E-state index contributed by atoms with van der Waals surface area (Å²) in [6.45, 7) is 2.52. The van der Waals surface area contributed by atoms with Crippen LogP contribution in [0.4, 0.5) is 5.69 Å². The van der Waals surface area contributed by atoms with Crippen molar-refractivity contribution in [3.8, 4) is 11.6 Å². The zero-order valence-electron chi connectivity index (χ0n) is 19.6. The molecular formula is C25H33N4O5+. The number of aliphatic hydroxyl groups excluding tert-OH is 1. The van der Waals surface area contributed by atoms with Crippen LogP contribution in [-0.4, -0.2) is 44.5 Å². The monoisotopic (exact) mass is 469 g/mol. The van der Waals surface area contributed by atoms with Gasteiger partial charge in [-0.1, -0.05) is 0 Å². The van der Waals surface area contributed by atoms with E-state index >= 15 is 0 Å². The van der Waals surface area contributed by atoms with Gasteiger partial charge >= 0.3 is 5.88 Å². The second-order valence-electron chi connectivity index (χ2n) is 9.85. The highest BCUT2D eigenvalue weighted by molar-refractivity contribution is 5.85. The van der Waals surface area contributed by atoms with Gasteiger partial charge in [0.2, 0.25) is 6.23 Å². The highest BCUT2D eigenvalue weighted by atomic mass is 16.5. The van der Waals surface area contributed by atoms with E-state index in [1.165, 1.54) is 20.0 Å². The average Bonchev–Trinajstić information content (AvgIpc) is 3.55. The molecule has 0 saturated heterocycles. The smallest absolute Gasteiger partial charge is 0.416 e. The van der Waals surface area contributed by atoms with Crippen LogP contribution < -0.4 is 19.5 Å². The summed E-state index contributed by atoms with van der Waals surface area (Å²) in [5.74, 6) is 1.40. The number of nitrogens with one attached hydrogen (secondary N) is 1. The Labute approximate surface area is 198 Å². The Morgan fingerprint density at radius 2 is 2.00 bits per heavy atom. The lowest BCUT2D eigenvalue weighted by molar-refractivity contribution is -0.912. The number of pyridine rings is 1. The summed E-state index contributed by atoms with van der Waals surface area (Å²) in [6.07, 6.45) is 6.42. The predicted octanol–water partition coefficient (Wildman–Crippen LogP) is 3.33.